The van der Waals surface area contributed by atoms with Gasteiger partial charge in [-0.05, 0) is 19.1 Å². The number of aromatic nitrogens is 2. The number of carboxylic acid groups (broad SMARTS) is 1. The smallest absolute Gasteiger partial charge is 0.339 e. The number of carbonyl (C=O) groups is 1. The number of hydrogen-bond donors (Lipinski definition) is 1. The molecule has 0 aliphatic heterocycles. The normalized spacial score (nSPS) is 10.5. The molecule has 0 spiro atoms. The van der Waals surface area contributed by atoms with Gasteiger partial charge in [-0.3, -0.25) is 4.98 Å². The van der Waals surface area contributed by atoms with Crippen molar-refractivity contribution in [1.82, 2.24) is 9.55 Å². The first-order valence-electron chi connectivity index (χ1n) is 5.02. The van der Waals surface area contributed by atoms with Crippen LogP contribution in [-0.2, 0) is 7.05 Å². The van der Waals surface area contributed by atoms with Crippen LogP contribution < -0.4 is 0 Å². The fraction of sp³-hybridized carbons (Fsp3) is 0.167. The number of carboxylic acids is 1. The van der Waals surface area contributed by atoms with Gasteiger partial charge in [0.05, 0.1) is 16.3 Å². The lowest BCUT2D eigenvalue weighted by Gasteiger charge is -2.04. The molecule has 17 heavy (non-hydrogen) atoms. The lowest BCUT2D eigenvalue weighted by atomic mass is 10.2. The van der Waals surface area contributed by atoms with E-state index >= 15 is 0 Å². The van der Waals surface area contributed by atoms with Crippen LogP contribution in [0.15, 0.2) is 24.5 Å². The molecule has 88 valence electrons. The third kappa shape index (κ3) is 1.80. The van der Waals surface area contributed by atoms with Crippen molar-refractivity contribution >= 4 is 17.6 Å². The van der Waals surface area contributed by atoms with E-state index in [-0.39, 0.29) is 10.6 Å². The van der Waals surface area contributed by atoms with Gasteiger partial charge in [-0.2, -0.15) is 0 Å². The minimum Gasteiger partial charge on any atom is -0.478 e. The number of rotatable bonds is 2. The van der Waals surface area contributed by atoms with E-state index in [4.69, 9.17) is 16.7 Å². The first kappa shape index (κ1) is 11.7. The summed E-state index contributed by atoms with van der Waals surface area (Å²) in [5, 5.41) is 9.37. The van der Waals surface area contributed by atoms with E-state index in [1.54, 1.807) is 37.0 Å². The highest BCUT2D eigenvalue weighted by Crippen LogP contribution is 2.34. The second-order valence-electron chi connectivity index (χ2n) is 3.73. The molecule has 0 aliphatic carbocycles. The average molecular weight is 251 g/mol. The average Bonchev–Trinajstić information content (AvgIpc) is 2.51. The standard InChI is InChI=1S/C12H11ClN2O2/c1-7-9(12(16)17)10(13)11(15(7)2)8-4-3-5-14-6-8/h3-6H,1-2H3,(H,16,17). The van der Waals surface area contributed by atoms with E-state index in [1.165, 1.54) is 0 Å². The quantitative estimate of drug-likeness (QED) is 0.892. The minimum atomic E-state index is -1.02. The van der Waals surface area contributed by atoms with Crippen LogP contribution >= 0.6 is 11.6 Å². The monoisotopic (exact) mass is 250 g/mol. The highest BCUT2D eigenvalue weighted by molar-refractivity contribution is 6.36. The highest BCUT2D eigenvalue weighted by atomic mass is 35.5. The van der Waals surface area contributed by atoms with Gasteiger partial charge in [-0.1, -0.05) is 11.6 Å². The fourth-order valence-corrected chi connectivity index (χ4v) is 2.29. The van der Waals surface area contributed by atoms with Crippen LogP contribution in [-0.4, -0.2) is 20.6 Å². The molecule has 2 heterocycles. The van der Waals surface area contributed by atoms with Crippen molar-refractivity contribution in [2.75, 3.05) is 0 Å². The molecular formula is C12H11ClN2O2. The van der Waals surface area contributed by atoms with Crippen molar-refractivity contribution < 1.29 is 9.90 Å². The first-order valence-corrected chi connectivity index (χ1v) is 5.40. The Morgan fingerprint density at radius 3 is 2.71 bits per heavy atom. The molecule has 2 aromatic rings. The summed E-state index contributed by atoms with van der Waals surface area (Å²) in [5.74, 6) is -1.02. The number of aromatic carboxylic acids is 1. The van der Waals surface area contributed by atoms with Crippen LogP contribution in [0.25, 0.3) is 11.3 Å². The first-order chi connectivity index (χ1) is 8.04. The van der Waals surface area contributed by atoms with Gasteiger partial charge in [0.25, 0.3) is 0 Å². The van der Waals surface area contributed by atoms with Crippen molar-refractivity contribution in [3.8, 4) is 11.3 Å². The molecule has 0 amide bonds. The maximum Gasteiger partial charge on any atom is 0.339 e. The number of hydrogen-bond acceptors (Lipinski definition) is 2. The molecule has 5 heteroatoms. The van der Waals surface area contributed by atoms with Gasteiger partial charge >= 0.3 is 5.97 Å². The minimum absolute atomic E-state index is 0.146. The Bertz CT molecular complexity index is 576. The van der Waals surface area contributed by atoms with E-state index in [0.29, 0.717) is 11.4 Å². The number of pyridine rings is 1. The molecule has 0 saturated carbocycles. The van der Waals surface area contributed by atoms with Gasteiger partial charge in [-0.25, -0.2) is 4.79 Å². The van der Waals surface area contributed by atoms with Gasteiger partial charge in [0.1, 0.15) is 0 Å². The Morgan fingerprint density at radius 2 is 2.24 bits per heavy atom. The maximum atomic E-state index is 11.1. The topological polar surface area (TPSA) is 55.1 Å². The van der Waals surface area contributed by atoms with E-state index in [1.807, 2.05) is 6.07 Å². The summed E-state index contributed by atoms with van der Waals surface area (Å²) in [4.78, 5) is 15.1. The molecule has 0 saturated heterocycles. The Hall–Kier alpha value is -1.81. The molecule has 0 fully saturated rings. The van der Waals surface area contributed by atoms with Crippen LogP contribution in [0.2, 0.25) is 5.02 Å². The second-order valence-corrected chi connectivity index (χ2v) is 4.11. The molecule has 4 nitrogen and oxygen atoms in total. The highest BCUT2D eigenvalue weighted by Gasteiger charge is 2.22. The van der Waals surface area contributed by atoms with Crippen LogP contribution in [0.4, 0.5) is 0 Å². The Morgan fingerprint density at radius 1 is 1.53 bits per heavy atom. The van der Waals surface area contributed by atoms with Crippen molar-refractivity contribution in [1.29, 1.82) is 0 Å². The summed E-state index contributed by atoms with van der Waals surface area (Å²) in [6.07, 6.45) is 3.32. The number of nitrogens with zero attached hydrogens (tertiary/aromatic N) is 2. The van der Waals surface area contributed by atoms with Gasteiger partial charge in [0.15, 0.2) is 0 Å². The van der Waals surface area contributed by atoms with Gasteiger partial charge in [0, 0.05) is 30.7 Å². The van der Waals surface area contributed by atoms with E-state index in [2.05, 4.69) is 4.98 Å². The second kappa shape index (κ2) is 4.22. The lowest BCUT2D eigenvalue weighted by Crippen LogP contribution is -1.99. The Kier molecular flexibility index (Phi) is 2.90. The van der Waals surface area contributed by atoms with E-state index in [9.17, 15) is 4.79 Å². The molecule has 0 atom stereocenters. The largest absolute Gasteiger partial charge is 0.478 e. The lowest BCUT2D eigenvalue weighted by molar-refractivity contribution is 0.0696. The molecule has 1 N–H and O–H groups in total. The molecule has 2 rings (SSSR count). The summed E-state index contributed by atoms with van der Waals surface area (Å²) in [6.45, 7) is 1.73. The van der Waals surface area contributed by atoms with Crippen LogP contribution in [0, 0.1) is 6.92 Å². The van der Waals surface area contributed by atoms with Crippen molar-refractivity contribution in [2.24, 2.45) is 7.05 Å². The summed E-state index contributed by atoms with van der Waals surface area (Å²) in [6, 6.07) is 3.63. The van der Waals surface area contributed by atoms with E-state index < -0.39 is 5.97 Å². The van der Waals surface area contributed by atoms with Crippen LogP contribution in [0.3, 0.4) is 0 Å². The van der Waals surface area contributed by atoms with Gasteiger partial charge < -0.3 is 9.67 Å². The fourth-order valence-electron chi connectivity index (χ4n) is 1.83. The van der Waals surface area contributed by atoms with Gasteiger partial charge in [0.2, 0.25) is 0 Å². The molecule has 0 radical (unpaired) electrons. The van der Waals surface area contributed by atoms with Crippen molar-refractivity contribution in [3.05, 3.63) is 40.8 Å². The van der Waals surface area contributed by atoms with E-state index in [0.717, 1.165) is 5.56 Å². The van der Waals surface area contributed by atoms with Gasteiger partial charge in [-0.15, -0.1) is 0 Å². The molecular weight excluding hydrogens is 240 g/mol. The molecule has 2 aromatic heterocycles. The third-order valence-electron chi connectivity index (χ3n) is 2.78. The van der Waals surface area contributed by atoms with Crippen molar-refractivity contribution in [2.45, 2.75) is 6.92 Å². The maximum absolute atomic E-state index is 11.1. The molecule has 0 bridgehead atoms. The zero-order valence-corrected chi connectivity index (χ0v) is 10.2. The predicted molar refractivity (Wildman–Crippen MR) is 65.4 cm³/mol. The van der Waals surface area contributed by atoms with Crippen molar-refractivity contribution in [3.63, 3.8) is 0 Å². The van der Waals surface area contributed by atoms with Crippen LogP contribution in [0.1, 0.15) is 16.1 Å². The number of halogens is 1. The summed E-state index contributed by atoms with van der Waals surface area (Å²) in [7, 11) is 1.79. The zero-order valence-electron chi connectivity index (χ0n) is 9.44. The SMILES string of the molecule is Cc1c(C(=O)O)c(Cl)c(-c2cccnc2)n1C. The van der Waals surface area contributed by atoms with Crippen LogP contribution in [0.5, 0.6) is 0 Å². The Balaban J connectivity index is 2.72. The molecule has 0 aromatic carbocycles. The molecule has 0 unspecified atom stereocenters. The summed E-state index contributed by atoms with van der Waals surface area (Å²) < 4.78 is 1.77. The Labute approximate surface area is 103 Å². The zero-order chi connectivity index (χ0) is 12.6. The predicted octanol–water partition coefficient (Wildman–Crippen LogP) is 2.75. The summed E-state index contributed by atoms with van der Waals surface area (Å²) in [5.41, 5.74) is 2.25. The summed E-state index contributed by atoms with van der Waals surface area (Å²) >= 11 is 6.13. The third-order valence-corrected chi connectivity index (χ3v) is 3.14. The molecule has 0 aliphatic rings.